The number of carbonyl (C=O) groups is 2. The van der Waals surface area contributed by atoms with Gasteiger partial charge in [0.25, 0.3) is 0 Å². The van der Waals surface area contributed by atoms with E-state index in [1.54, 1.807) is 0 Å². The highest BCUT2D eigenvalue weighted by Gasteiger charge is 2.50. The van der Waals surface area contributed by atoms with Crippen LogP contribution in [-0.4, -0.2) is 46.6 Å². The Morgan fingerprint density at radius 2 is 1.91 bits per heavy atom. The van der Waals surface area contributed by atoms with Gasteiger partial charge in [-0.2, -0.15) is 0 Å². The first kappa shape index (κ1) is 22.3. The number of rotatable bonds is 6. The molecule has 2 aromatic carbocycles. The number of hydrogen-bond donors (Lipinski definition) is 1. The summed E-state index contributed by atoms with van der Waals surface area (Å²) < 4.78 is 13.5. The molecule has 2 aliphatic rings. The Labute approximate surface area is 188 Å². The molecule has 1 amide bonds. The van der Waals surface area contributed by atoms with Gasteiger partial charge in [-0.15, -0.1) is 0 Å². The van der Waals surface area contributed by atoms with Crippen molar-refractivity contribution in [2.24, 2.45) is 5.92 Å². The smallest absolute Gasteiger partial charge is 0.303 e. The van der Waals surface area contributed by atoms with Crippen molar-refractivity contribution < 1.29 is 19.1 Å². The number of carbonyl (C=O) groups excluding carboxylic acids is 1. The first-order valence-corrected chi connectivity index (χ1v) is 11.4. The Kier molecular flexibility index (Phi) is 6.22. The third-order valence-corrected chi connectivity index (χ3v) is 6.99. The van der Waals surface area contributed by atoms with Crippen molar-refractivity contribution in [3.8, 4) is 0 Å². The fourth-order valence-corrected chi connectivity index (χ4v) is 5.70. The maximum atomic E-state index is 13.5. The first-order valence-electron chi connectivity index (χ1n) is 11.4. The summed E-state index contributed by atoms with van der Waals surface area (Å²) in [6, 6.07) is 15.6. The molecule has 4 rings (SSSR count). The van der Waals surface area contributed by atoms with Crippen LogP contribution in [0.15, 0.2) is 48.5 Å². The minimum absolute atomic E-state index is 0.0567. The zero-order chi connectivity index (χ0) is 22.9. The molecule has 2 saturated heterocycles. The van der Waals surface area contributed by atoms with Crippen LogP contribution in [0.25, 0.3) is 0 Å². The lowest BCUT2D eigenvalue weighted by molar-refractivity contribution is -0.141. The molecule has 0 spiro atoms. The number of fused-ring (bicyclic) bond motifs is 1. The van der Waals surface area contributed by atoms with Crippen LogP contribution in [0.2, 0.25) is 0 Å². The summed E-state index contributed by atoms with van der Waals surface area (Å²) in [5, 5.41) is 8.92. The number of piperidine rings is 1. The molecular formula is C26H31FN2O3. The molecule has 0 bridgehead atoms. The van der Waals surface area contributed by atoms with E-state index in [1.807, 2.05) is 17.0 Å². The van der Waals surface area contributed by atoms with E-state index in [9.17, 15) is 14.0 Å². The van der Waals surface area contributed by atoms with E-state index in [0.717, 1.165) is 24.8 Å². The lowest BCUT2D eigenvalue weighted by atomic mass is 9.85. The van der Waals surface area contributed by atoms with Gasteiger partial charge in [-0.25, -0.2) is 4.39 Å². The summed E-state index contributed by atoms with van der Waals surface area (Å²) in [5.74, 6) is -0.930. The monoisotopic (exact) mass is 438 g/mol. The fraction of sp³-hybridized carbons (Fsp3) is 0.462. The number of halogens is 1. The second kappa shape index (κ2) is 8.93. The zero-order valence-electron chi connectivity index (χ0n) is 18.8. The second-order valence-corrected chi connectivity index (χ2v) is 9.56. The standard InChI is InChI=1S/C26H31FN2O3/c1-18-4-3-5-22(14-18)29-23-12-13-28(24(30)10-11-25(31)32)17-20(23)16-26(29,2)15-19-6-8-21(27)9-7-19/h3-9,14,20,23H,10-13,15-17H2,1-2H3,(H,31,32)/t20-,23+,26-/m1/s1. The maximum Gasteiger partial charge on any atom is 0.303 e. The van der Waals surface area contributed by atoms with Gasteiger partial charge in [0.05, 0.1) is 6.42 Å². The van der Waals surface area contributed by atoms with Crippen LogP contribution in [0.4, 0.5) is 10.1 Å². The number of anilines is 1. The molecule has 170 valence electrons. The van der Waals surface area contributed by atoms with Gasteiger partial charge in [-0.3, -0.25) is 9.59 Å². The van der Waals surface area contributed by atoms with E-state index in [2.05, 4.69) is 43.0 Å². The summed E-state index contributed by atoms with van der Waals surface area (Å²) in [4.78, 5) is 27.8. The van der Waals surface area contributed by atoms with Crippen molar-refractivity contribution in [3.05, 3.63) is 65.5 Å². The molecule has 2 fully saturated rings. The van der Waals surface area contributed by atoms with Crippen LogP contribution in [0, 0.1) is 18.7 Å². The highest BCUT2D eigenvalue weighted by atomic mass is 19.1. The molecule has 0 radical (unpaired) electrons. The molecule has 0 aliphatic carbocycles. The van der Waals surface area contributed by atoms with Crippen molar-refractivity contribution >= 4 is 17.6 Å². The molecule has 0 aromatic heterocycles. The molecule has 1 N–H and O–H groups in total. The van der Waals surface area contributed by atoms with Gasteiger partial charge < -0.3 is 14.9 Å². The number of benzene rings is 2. The normalized spacial score (nSPS) is 25.0. The minimum Gasteiger partial charge on any atom is -0.481 e. The number of nitrogens with zero attached hydrogens (tertiary/aromatic N) is 2. The Morgan fingerprint density at radius 3 is 2.59 bits per heavy atom. The Morgan fingerprint density at radius 1 is 1.16 bits per heavy atom. The van der Waals surface area contributed by atoms with Crippen LogP contribution < -0.4 is 4.90 Å². The summed E-state index contributed by atoms with van der Waals surface area (Å²) in [6.45, 7) is 5.67. The van der Waals surface area contributed by atoms with E-state index >= 15 is 0 Å². The van der Waals surface area contributed by atoms with Crippen LogP contribution >= 0.6 is 0 Å². The number of aliphatic carboxylic acids is 1. The molecule has 0 unspecified atom stereocenters. The number of aryl methyl sites for hydroxylation is 1. The Bertz CT molecular complexity index is 993. The van der Waals surface area contributed by atoms with E-state index in [4.69, 9.17) is 5.11 Å². The van der Waals surface area contributed by atoms with Crippen LogP contribution in [0.3, 0.4) is 0 Å². The van der Waals surface area contributed by atoms with Crippen LogP contribution in [-0.2, 0) is 16.0 Å². The van der Waals surface area contributed by atoms with Crippen molar-refractivity contribution in [2.45, 2.75) is 57.5 Å². The molecule has 0 saturated carbocycles. The Hall–Kier alpha value is -2.89. The Balaban J connectivity index is 1.60. The quantitative estimate of drug-likeness (QED) is 0.725. The molecule has 3 atom stereocenters. The molecule has 2 aliphatic heterocycles. The van der Waals surface area contributed by atoms with Gasteiger partial charge in [0.2, 0.25) is 5.91 Å². The number of carboxylic acid groups (broad SMARTS) is 1. The summed E-state index contributed by atoms with van der Waals surface area (Å²) in [5.41, 5.74) is 3.32. The van der Waals surface area contributed by atoms with Crippen molar-refractivity contribution in [1.82, 2.24) is 4.90 Å². The maximum absolute atomic E-state index is 13.5. The van der Waals surface area contributed by atoms with Gasteiger partial charge in [-0.1, -0.05) is 24.3 Å². The third-order valence-electron chi connectivity index (χ3n) is 6.99. The van der Waals surface area contributed by atoms with E-state index in [1.165, 1.54) is 23.4 Å². The lowest BCUT2D eigenvalue weighted by Crippen LogP contribution is -2.51. The molecular weight excluding hydrogens is 407 g/mol. The van der Waals surface area contributed by atoms with Gasteiger partial charge in [0.15, 0.2) is 0 Å². The second-order valence-electron chi connectivity index (χ2n) is 9.56. The molecule has 2 aromatic rings. The number of likely N-dealkylation sites (tertiary alicyclic amines) is 1. The molecule has 2 heterocycles. The summed E-state index contributed by atoms with van der Waals surface area (Å²) >= 11 is 0. The third kappa shape index (κ3) is 4.64. The zero-order valence-corrected chi connectivity index (χ0v) is 18.8. The highest BCUT2D eigenvalue weighted by Crippen LogP contribution is 2.46. The predicted octanol–water partition coefficient (Wildman–Crippen LogP) is 4.43. The predicted molar refractivity (Wildman–Crippen MR) is 122 cm³/mol. The first-order chi connectivity index (χ1) is 15.2. The molecule has 6 heteroatoms. The van der Waals surface area contributed by atoms with Crippen molar-refractivity contribution in [3.63, 3.8) is 0 Å². The largest absolute Gasteiger partial charge is 0.481 e. The van der Waals surface area contributed by atoms with E-state index in [0.29, 0.717) is 25.0 Å². The number of carboxylic acids is 1. The van der Waals surface area contributed by atoms with Crippen LogP contribution in [0.5, 0.6) is 0 Å². The topological polar surface area (TPSA) is 60.9 Å². The molecule has 5 nitrogen and oxygen atoms in total. The van der Waals surface area contributed by atoms with Crippen LogP contribution in [0.1, 0.15) is 43.7 Å². The summed E-state index contributed by atoms with van der Waals surface area (Å²) in [6.07, 6.45) is 2.51. The van der Waals surface area contributed by atoms with Gasteiger partial charge >= 0.3 is 5.97 Å². The summed E-state index contributed by atoms with van der Waals surface area (Å²) in [7, 11) is 0. The van der Waals surface area contributed by atoms with Gasteiger partial charge in [0, 0.05) is 36.8 Å². The minimum atomic E-state index is -0.938. The molecule has 32 heavy (non-hydrogen) atoms. The van der Waals surface area contributed by atoms with E-state index in [-0.39, 0.29) is 30.1 Å². The lowest BCUT2D eigenvalue weighted by Gasteiger charge is -2.43. The van der Waals surface area contributed by atoms with Gasteiger partial charge in [0.1, 0.15) is 5.82 Å². The number of hydrogen-bond acceptors (Lipinski definition) is 3. The van der Waals surface area contributed by atoms with Gasteiger partial charge in [-0.05, 0) is 74.4 Å². The van der Waals surface area contributed by atoms with Crippen molar-refractivity contribution in [1.29, 1.82) is 0 Å². The SMILES string of the molecule is Cc1cccc(N2[C@H]3CCN(C(=O)CCC(=O)O)C[C@H]3C[C@@]2(C)Cc2ccc(F)cc2)c1. The highest BCUT2D eigenvalue weighted by molar-refractivity contribution is 5.80. The van der Waals surface area contributed by atoms with E-state index < -0.39 is 5.97 Å². The fourth-order valence-electron chi connectivity index (χ4n) is 5.70. The average Bonchev–Trinajstić information content (AvgIpc) is 3.04. The number of amides is 1. The average molecular weight is 439 g/mol. The van der Waals surface area contributed by atoms with Crippen molar-refractivity contribution in [2.75, 3.05) is 18.0 Å².